The molecule has 0 bridgehead atoms. The van der Waals surface area contributed by atoms with Crippen molar-refractivity contribution in [2.75, 3.05) is 14.2 Å². The van der Waals surface area contributed by atoms with Crippen molar-refractivity contribution in [3.63, 3.8) is 0 Å². The molecule has 7 nitrogen and oxygen atoms in total. The van der Waals surface area contributed by atoms with E-state index >= 15 is 0 Å². The first-order chi connectivity index (χ1) is 14.8. The molecule has 0 unspecified atom stereocenters. The first-order valence-corrected chi connectivity index (χ1v) is 10.1. The molecule has 1 aliphatic heterocycles. The van der Waals surface area contributed by atoms with Gasteiger partial charge in [0.25, 0.3) is 0 Å². The van der Waals surface area contributed by atoms with Gasteiger partial charge in [-0.2, -0.15) is 4.99 Å². The highest BCUT2D eigenvalue weighted by Crippen LogP contribution is 2.41. The first-order valence-electron chi connectivity index (χ1n) is 9.27. The number of benzene rings is 2. The molecule has 1 aliphatic rings. The Bertz CT molecular complexity index is 1210. The minimum atomic E-state index is -3.69. The van der Waals surface area contributed by atoms with E-state index in [4.69, 9.17) is 4.74 Å². The van der Waals surface area contributed by atoms with Gasteiger partial charge in [-0.15, -0.1) is 20.1 Å². The van der Waals surface area contributed by atoms with Crippen LogP contribution >= 0.6 is 11.3 Å². The number of ether oxygens (including phenoxy) is 3. The zero-order valence-electron chi connectivity index (χ0n) is 17.0. The molecule has 0 atom stereocenters. The molecule has 0 aliphatic carbocycles. The van der Waals surface area contributed by atoms with Crippen LogP contribution in [0.5, 0.6) is 17.2 Å². The zero-order chi connectivity index (χ0) is 22.2. The van der Waals surface area contributed by atoms with Gasteiger partial charge in [-0.05, 0) is 25.1 Å². The molecule has 162 valence electrons. The highest BCUT2D eigenvalue weighted by Gasteiger charge is 2.43. The maximum Gasteiger partial charge on any atom is 0.586 e. The van der Waals surface area contributed by atoms with Gasteiger partial charge >= 0.3 is 12.3 Å². The minimum absolute atomic E-state index is 0.0487. The summed E-state index contributed by atoms with van der Waals surface area (Å²) in [6.07, 6.45) is -1.92. The first kappa shape index (κ1) is 20.9. The van der Waals surface area contributed by atoms with Crippen molar-refractivity contribution in [3.8, 4) is 22.9 Å². The van der Waals surface area contributed by atoms with Gasteiger partial charge in [-0.1, -0.05) is 18.2 Å². The van der Waals surface area contributed by atoms with Crippen molar-refractivity contribution in [2.24, 2.45) is 4.99 Å². The number of rotatable bonds is 4. The number of fused-ring (bicyclic) bond motifs is 1. The number of hydrogen-bond donors (Lipinski definition) is 0. The Balaban J connectivity index is 1.62. The summed E-state index contributed by atoms with van der Waals surface area (Å²) in [5.41, 5.74) is 1.37. The van der Waals surface area contributed by atoms with Crippen LogP contribution < -0.4 is 19.0 Å². The van der Waals surface area contributed by atoms with Crippen LogP contribution in [-0.4, -0.2) is 36.0 Å². The van der Waals surface area contributed by atoms with E-state index in [1.54, 1.807) is 31.0 Å². The summed E-state index contributed by atoms with van der Waals surface area (Å²) in [5, 5.41) is 0. The van der Waals surface area contributed by atoms with E-state index in [1.807, 2.05) is 31.2 Å². The van der Waals surface area contributed by atoms with E-state index in [0.717, 1.165) is 10.4 Å². The third-order valence-electron chi connectivity index (χ3n) is 4.55. The maximum absolute atomic E-state index is 13.3. The van der Waals surface area contributed by atoms with Gasteiger partial charge in [0, 0.05) is 29.8 Å². The quantitative estimate of drug-likeness (QED) is 0.597. The Kier molecular flexibility index (Phi) is 5.40. The van der Waals surface area contributed by atoms with Crippen molar-refractivity contribution in [2.45, 2.75) is 19.8 Å². The molecule has 0 spiro atoms. The molecule has 0 N–H and O–H groups in total. The molecular formula is C21H19F2N3O4S. The van der Waals surface area contributed by atoms with E-state index in [1.165, 1.54) is 28.4 Å². The summed E-state index contributed by atoms with van der Waals surface area (Å²) in [6, 6.07) is 11.4. The number of hydrogen-bond acceptors (Lipinski definition) is 5. The van der Waals surface area contributed by atoms with Crippen LogP contribution in [-0.2, 0) is 6.54 Å². The zero-order valence-corrected chi connectivity index (χ0v) is 17.8. The van der Waals surface area contributed by atoms with Gasteiger partial charge in [0.15, 0.2) is 16.3 Å². The number of carbonyl (C=O) groups is 1. The number of methoxy groups -OCH3 is 1. The van der Waals surface area contributed by atoms with Gasteiger partial charge in [-0.3, -0.25) is 4.57 Å². The summed E-state index contributed by atoms with van der Waals surface area (Å²) in [5.74, 6) is 0.554. The normalized spacial score (nSPS) is 14.5. The van der Waals surface area contributed by atoms with E-state index in [9.17, 15) is 13.6 Å². The number of aromatic nitrogens is 1. The lowest BCUT2D eigenvalue weighted by atomic mass is 10.2. The number of thiazole rings is 1. The largest absolute Gasteiger partial charge is 0.586 e. The summed E-state index contributed by atoms with van der Waals surface area (Å²) >= 11 is 1.31. The molecule has 2 aromatic carbocycles. The molecule has 3 aromatic rings. The van der Waals surface area contributed by atoms with Crippen molar-refractivity contribution < 1.29 is 27.8 Å². The van der Waals surface area contributed by atoms with E-state index < -0.39 is 12.3 Å². The molecular weight excluding hydrogens is 428 g/mol. The van der Waals surface area contributed by atoms with E-state index in [-0.39, 0.29) is 11.5 Å². The number of carbonyl (C=O) groups excluding carboxylic acids is 1. The van der Waals surface area contributed by atoms with Crippen LogP contribution in [0.2, 0.25) is 0 Å². The second-order valence-corrected chi connectivity index (χ2v) is 8.07. The Hall–Kier alpha value is -3.40. The Morgan fingerprint density at radius 1 is 1.23 bits per heavy atom. The molecule has 0 saturated carbocycles. The molecule has 2 amide bonds. The SMILES string of the molecule is COc1ccccc1CN(C)C(=O)/N=c1\sc(C)cn1-c1ccc2c(c1)OC(F)(F)O2. The fourth-order valence-corrected chi connectivity index (χ4v) is 3.96. The molecule has 4 rings (SSSR count). The lowest BCUT2D eigenvalue weighted by molar-refractivity contribution is -0.286. The Morgan fingerprint density at radius 2 is 1.97 bits per heavy atom. The monoisotopic (exact) mass is 447 g/mol. The molecule has 2 heterocycles. The standard InChI is InChI=1S/C21H19F2N3O4S/c1-13-11-26(15-8-9-17-18(10-15)30-21(22,23)29-17)20(31-13)24-19(27)25(2)12-14-6-4-5-7-16(14)28-3/h4-11H,12H2,1-3H3/b24-20-. The topological polar surface area (TPSA) is 65.3 Å². The van der Waals surface area contributed by atoms with E-state index in [0.29, 0.717) is 22.8 Å². The van der Waals surface area contributed by atoms with Crippen LogP contribution in [0, 0.1) is 6.92 Å². The Morgan fingerprint density at radius 3 is 2.74 bits per heavy atom. The summed E-state index contributed by atoms with van der Waals surface area (Å²) in [6.45, 7) is 2.18. The van der Waals surface area contributed by atoms with Crippen molar-refractivity contribution in [1.29, 1.82) is 0 Å². The predicted molar refractivity (Wildman–Crippen MR) is 110 cm³/mol. The third-order valence-corrected chi connectivity index (χ3v) is 5.45. The van der Waals surface area contributed by atoms with Crippen molar-refractivity contribution in [1.82, 2.24) is 9.47 Å². The van der Waals surface area contributed by atoms with Gasteiger partial charge in [0.2, 0.25) is 0 Å². The fourth-order valence-electron chi connectivity index (χ4n) is 3.13. The number of urea groups is 1. The van der Waals surface area contributed by atoms with Crippen LogP contribution in [0.4, 0.5) is 13.6 Å². The van der Waals surface area contributed by atoms with Crippen molar-refractivity contribution >= 4 is 17.4 Å². The number of para-hydroxylation sites is 1. The fraction of sp³-hybridized carbons (Fsp3) is 0.238. The maximum atomic E-state index is 13.3. The average molecular weight is 447 g/mol. The van der Waals surface area contributed by atoms with Gasteiger partial charge in [-0.25, -0.2) is 4.79 Å². The molecule has 10 heteroatoms. The smallest absolute Gasteiger partial charge is 0.496 e. The van der Waals surface area contributed by atoms with E-state index in [2.05, 4.69) is 14.5 Å². The number of amides is 2. The van der Waals surface area contributed by atoms with Gasteiger partial charge in [0.1, 0.15) is 5.75 Å². The number of nitrogens with zero attached hydrogens (tertiary/aromatic N) is 3. The highest BCUT2D eigenvalue weighted by atomic mass is 32.1. The molecule has 1 aromatic heterocycles. The molecule has 31 heavy (non-hydrogen) atoms. The van der Waals surface area contributed by atoms with Crippen LogP contribution in [0.15, 0.2) is 53.7 Å². The lowest BCUT2D eigenvalue weighted by Gasteiger charge is -2.16. The van der Waals surface area contributed by atoms with Gasteiger partial charge in [0.05, 0.1) is 19.3 Å². The van der Waals surface area contributed by atoms with Crippen LogP contribution in [0.1, 0.15) is 10.4 Å². The number of alkyl halides is 2. The lowest BCUT2D eigenvalue weighted by Crippen LogP contribution is -2.26. The summed E-state index contributed by atoms with van der Waals surface area (Å²) < 4.78 is 42.6. The highest BCUT2D eigenvalue weighted by molar-refractivity contribution is 7.09. The molecule has 0 saturated heterocycles. The molecule has 0 radical (unpaired) electrons. The molecule has 0 fully saturated rings. The number of aryl methyl sites for hydroxylation is 1. The second-order valence-electron chi connectivity index (χ2n) is 6.86. The van der Waals surface area contributed by atoms with Gasteiger partial charge < -0.3 is 19.1 Å². The van der Waals surface area contributed by atoms with Crippen LogP contribution in [0.3, 0.4) is 0 Å². The predicted octanol–water partition coefficient (Wildman–Crippen LogP) is 4.33. The average Bonchev–Trinajstić information content (AvgIpc) is 3.24. The van der Waals surface area contributed by atoms with Crippen LogP contribution in [0.25, 0.3) is 5.69 Å². The summed E-state index contributed by atoms with van der Waals surface area (Å²) in [4.78, 5) is 19.8. The summed E-state index contributed by atoms with van der Waals surface area (Å²) in [7, 11) is 3.22. The second kappa shape index (κ2) is 8.03. The minimum Gasteiger partial charge on any atom is -0.496 e. The van der Waals surface area contributed by atoms with Crippen molar-refractivity contribution in [3.05, 3.63) is 63.9 Å². The third kappa shape index (κ3) is 4.38. The Labute approximate surface area is 180 Å². The number of halogens is 2.